The van der Waals surface area contributed by atoms with Gasteiger partial charge in [0, 0.05) is 11.8 Å². The third-order valence-corrected chi connectivity index (χ3v) is 4.18. The van der Waals surface area contributed by atoms with E-state index in [0.29, 0.717) is 11.4 Å². The van der Waals surface area contributed by atoms with Crippen LogP contribution in [0.2, 0.25) is 5.02 Å². The maximum atomic E-state index is 10.3. The third-order valence-electron chi connectivity index (χ3n) is 3.88. The van der Waals surface area contributed by atoms with E-state index in [0.717, 1.165) is 16.7 Å². The predicted octanol–water partition coefficient (Wildman–Crippen LogP) is 4.76. The average Bonchev–Trinajstić information content (AvgIpc) is 2.98. The van der Waals surface area contributed by atoms with Crippen LogP contribution in [0.25, 0.3) is 28.1 Å². The highest BCUT2D eigenvalue weighted by atomic mass is 35.5. The van der Waals surface area contributed by atoms with E-state index in [1.807, 2.05) is 59.2 Å². The van der Waals surface area contributed by atoms with E-state index in [1.54, 1.807) is 0 Å². The van der Waals surface area contributed by atoms with E-state index in [1.165, 1.54) is 12.1 Å². The first-order chi connectivity index (χ1) is 11.6. The monoisotopic (exact) mass is 336 g/mol. The van der Waals surface area contributed by atoms with Crippen molar-refractivity contribution in [1.29, 1.82) is 0 Å². The number of benzene rings is 3. The van der Waals surface area contributed by atoms with Gasteiger partial charge in [-0.2, -0.15) is 0 Å². The lowest BCUT2D eigenvalue weighted by molar-refractivity contribution is 0.451. The van der Waals surface area contributed by atoms with Crippen LogP contribution < -0.4 is 0 Å². The van der Waals surface area contributed by atoms with E-state index >= 15 is 0 Å². The van der Waals surface area contributed by atoms with Crippen molar-refractivity contribution in [1.82, 2.24) is 9.55 Å². The molecule has 0 saturated heterocycles. The van der Waals surface area contributed by atoms with Crippen LogP contribution in [-0.2, 0) is 0 Å². The summed E-state index contributed by atoms with van der Waals surface area (Å²) in [6.07, 6.45) is 0. The van der Waals surface area contributed by atoms with E-state index in [9.17, 15) is 10.2 Å². The lowest BCUT2D eigenvalue weighted by Crippen LogP contribution is -1.97. The van der Waals surface area contributed by atoms with Gasteiger partial charge in [0.15, 0.2) is 0 Å². The van der Waals surface area contributed by atoms with E-state index in [4.69, 9.17) is 11.6 Å². The molecule has 0 atom stereocenters. The minimum atomic E-state index is -0.166. The Kier molecular flexibility index (Phi) is 3.40. The molecule has 4 rings (SSSR count). The lowest BCUT2D eigenvalue weighted by Gasteiger charge is -2.11. The molecular weight excluding hydrogens is 324 g/mol. The third kappa shape index (κ3) is 2.28. The molecule has 4 aromatic rings. The second-order valence-electron chi connectivity index (χ2n) is 5.42. The van der Waals surface area contributed by atoms with Gasteiger partial charge >= 0.3 is 0 Å². The Bertz CT molecular complexity index is 1040. The molecule has 0 spiro atoms. The summed E-state index contributed by atoms with van der Waals surface area (Å²) < 4.78 is 1.96. The van der Waals surface area contributed by atoms with E-state index < -0.39 is 0 Å². The molecule has 0 bridgehead atoms. The van der Waals surface area contributed by atoms with Gasteiger partial charge in [-0.15, -0.1) is 0 Å². The minimum Gasteiger partial charge on any atom is -0.507 e. The van der Waals surface area contributed by atoms with Gasteiger partial charge in [0.05, 0.1) is 21.6 Å². The summed E-state index contributed by atoms with van der Waals surface area (Å²) in [6, 6.07) is 20.3. The minimum absolute atomic E-state index is 0.0793. The Hall–Kier alpha value is -2.98. The van der Waals surface area contributed by atoms with Crippen molar-refractivity contribution in [2.45, 2.75) is 0 Å². The van der Waals surface area contributed by atoms with Crippen LogP contribution in [0.3, 0.4) is 0 Å². The second-order valence-corrected chi connectivity index (χ2v) is 5.82. The topological polar surface area (TPSA) is 58.3 Å². The number of nitrogens with zero attached hydrogens (tertiary/aromatic N) is 2. The highest BCUT2D eigenvalue weighted by Crippen LogP contribution is 2.39. The molecular formula is C19H13ClN2O2. The summed E-state index contributed by atoms with van der Waals surface area (Å²) in [6.45, 7) is 0. The molecule has 1 aromatic heterocycles. The molecule has 0 aliphatic heterocycles. The SMILES string of the molecule is Oc1cc(O)c(-c2nc3ccccc3n2-c2ccccc2)cc1Cl. The Labute approximate surface area is 143 Å². The van der Waals surface area contributed by atoms with Crippen LogP contribution in [0.5, 0.6) is 11.5 Å². The number of phenolic OH excluding ortho intramolecular Hbond substituents is 2. The molecule has 4 nitrogen and oxygen atoms in total. The number of phenols is 2. The van der Waals surface area contributed by atoms with Crippen LogP contribution in [-0.4, -0.2) is 19.8 Å². The Morgan fingerprint density at radius 1 is 0.833 bits per heavy atom. The second kappa shape index (κ2) is 5.58. The molecule has 2 N–H and O–H groups in total. The van der Waals surface area contributed by atoms with E-state index in [2.05, 4.69) is 4.98 Å². The van der Waals surface area contributed by atoms with Crippen molar-refractivity contribution in [2.75, 3.05) is 0 Å². The number of aromatic nitrogens is 2. The number of halogens is 1. The fourth-order valence-electron chi connectivity index (χ4n) is 2.77. The first-order valence-corrected chi connectivity index (χ1v) is 7.77. The summed E-state index contributed by atoms with van der Waals surface area (Å²) in [4.78, 5) is 4.65. The number of rotatable bonds is 2. The first kappa shape index (κ1) is 14.6. The fraction of sp³-hybridized carbons (Fsp3) is 0. The van der Waals surface area contributed by atoms with Crippen LogP contribution >= 0.6 is 11.6 Å². The number of fused-ring (bicyclic) bond motifs is 1. The maximum Gasteiger partial charge on any atom is 0.149 e. The molecule has 24 heavy (non-hydrogen) atoms. The standard InChI is InChI=1S/C19H13ClN2O2/c20-14-10-13(17(23)11-18(14)24)19-21-15-8-4-5-9-16(15)22(19)12-6-2-1-3-7-12/h1-11,23-24H. The molecule has 5 heteroatoms. The molecule has 0 amide bonds. The van der Waals surface area contributed by atoms with Gasteiger partial charge in [-0.1, -0.05) is 41.9 Å². The van der Waals surface area contributed by atoms with Crippen molar-refractivity contribution >= 4 is 22.6 Å². The molecule has 3 aromatic carbocycles. The number of para-hydroxylation sites is 3. The normalized spacial score (nSPS) is 11.0. The predicted molar refractivity (Wildman–Crippen MR) is 94.8 cm³/mol. The number of imidazole rings is 1. The average molecular weight is 337 g/mol. The van der Waals surface area contributed by atoms with Crippen molar-refractivity contribution in [3.05, 3.63) is 71.8 Å². The Balaban J connectivity index is 2.08. The molecule has 0 aliphatic carbocycles. The molecule has 0 saturated carbocycles. The van der Waals surface area contributed by atoms with Gasteiger partial charge in [0.25, 0.3) is 0 Å². The van der Waals surface area contributed by atoms with Gasteiger partial charge in [-0.25, -0.2) is 4.98 Å². The van der Waals surface area contributed by atoms with Gasteiger partial charge in [0.1, 0.15) is 17.3 Å². The highest BCUT2D eigenvalue weighted by molar-refractivity contribution is 6.32. The van der Waals surface area contributed by atoms with Crippen LogP contribution in [0.1, 0.15) is 0 Å². The first-order valence-electron chi connectivity index (χ1n) is 7.40. The van der Waals surface area contributed by atoms with Crippen LogP contribution in [0.15, 0.2) is 66.7 Å². The van der Waals surface area contributed by atoms with Crippen molar-refractivity contribution in [3.8, 4) is 28.6 Å². The van der Waals surface area contributed by atoms with Gasteiger partial charge in [-0.3, -0.25) is 4.57 Å². The summed E-state index contributed by atoms with van der Waals surface area (Å²) in [5, 5.41) is 20.1. The molecule has 0 radical (unpaired) electrons. The van der Waals surface area contributed by atoms with E-state index in [-0.39, 0.29) is 16.5 Å². The van der Waals surface area contributed by atoms with Gasteiger partial charge < -0.3 is 10.2 Å². The Morgan fingerprint density at radius 2 is 1.54 bits per heavy atom. The van der Waals surface area contributed by atoms with Gasteiger partial charge in [-0.05, 0) is 30.3 Å². The lowest BCUT2D eigenvalue weighted by atomic mass is 10.1. The zero-order valence-corrected chi connectivity index (χ0v) is 13.3. The summed E-state index contributed by atoms with van der Waals surface area (Å²) in [5.41, 5.74) is 3.10. The van der Waals surface area contributed by atoms with Crippen molar-refractivity contribution < 1.29 is 10.2 Å². The number of hydrogen-bond acceptors (Lipinski definition) is 3. The molecule has 118 valence electrons. The van der Waals surface area contributed by atoms with Crippen LogP contribution in [0, 0.1) is 0 Å². The zero-order valence-electron chi connectivity index (χ0n) is 12.5. The molecule has 1 heterocycles. The number of hydrogen-bond donors (Lipinski definition) is 2. The maximum absolute atomic E-state index is 10.3. The fourth-order valence-corrected chi connectivity index (χ4v) is 2.94. The highest BCUT2D eigenvalue weighted by Gasteiger charge is 2.18. The quantitative estimate of drug-likeness (QED) is 0.555. The molecule has 0 unspecified atom stereocenters. The van der Waals surface area contributed by atoms with Crippen molar-refractivity contribution in [2.24, 2.45) is 0 Å². The number of aromatic hydroxyl groups is 2. The summed E-state index contributed by atoms with van der Waals surface area (Å²) >= 11 is 6.03. The smallest absolute Gasteiger partial charge is 0.149 e. The van der Waals surface area contributed by atoms with Crippen LogP contribution in [0.4, 0.5) is 0 Å². The largest absolute Gasteiger partial charge is 0.507 e. The van der Waals surface area contributed by atoms with Crippen molar-refractivity contribution in [3.63, 3.8) is 0 Å². The Morgan fingerprint density at radius 3 is 2.33 bits per heavy atom. The molecule has 0 fully saturated rings. The molecule has 0 aliphatic rings. The summed E-state index contributed by atoms with van der Waals surface area (Å²) in [7, 11) is 0. The zero-order chi connectivity index (χ0) is 16.7. The summed E-state index contributed by atoms with van der Waals surface area (Å²) in [5.74, 6) is 0.312. The van der Waals surface area contributed by atoms with Gasteiger partial charge in [0.2, 0.25) is 0 Å².